The Kier molecular flexibility index (Phi) is 7.76. The molecule has 1 saturated heterocycles. The van der Waals surface area contributed by atoms with Crippen LogP contribution in [0.1, 0.15) is 56.0 Å². The molecule has 0 unspecified atom stereocenters. The van der Waals surface area contributed by atoms with E-state index in [4.69, 9.17) is 15.5 Å². The van der Waals surface area contributed by atoms with Crippen molar-refractivity contribution in [2.24, 2.45) is 0 Å². The molecular weight excluding hydrogens is 398 g/mol. The molecule has 0 aliphatic carbocycles. The molecule has 0 spiro atoms. The third kappa shape index (κ3) is 5.67. The number of hydrogen-bond acceptors (Lipinski definition) is 5. The number of nitrogen functional groups attached to an aromatic ring is 1. The van der Waals surface area contributed by atoms with Crippen LogP contribution in [0, 0.1) is 11.8 Å². The molecule has 6 nitrogen and oxygen atoms in total. The molecule has 1 aliphatic rings. The van der Waals surface area contributed by atoms with Gasteiger partial charge in [0.05, 0.1) is 12.2 Å². The molecule has 3 heterocycles. The van der Waals surface area contributed by atoms with Crippen molar-refractivity contribution in [3.8, 4) is 11.8 Å². The van der Waals surface area contributed by atoms with E-state index in [0.717, 1.165) is 66.6 Å². The fourth-order valence-electron chi connectivity index (χ4n) is 3.90. The third-order valence-corrected chi connectivity index (χ3v) is 5.83. The molecule has 32 heavy (non-hydrogen) atoms. The van der Waals surface area contributed by atoms with E-state index in [1.165, 1.54) is 19.5 Å². The van der Waals surface area contributed by atoms with Gasteiger partial charge in [0.25, 0.3) is 0 Å². The number of likely N-dealkylation sites (tertiary alicyclic amines) is 1. The molecule has 3 aromatic rings. The van der Waals surface area contributed by atoms with Crippen LogP contribution in [-0.2, 0) is 24.5 Å². The number of aromatic nitrogens is 3. The molecule has 1 fully saturated rings. The second-order valence-electron chi connectivity index (χ2n) is 8.40. The van der Waals surface area contributed by atoms with Gasteiger partial charge in [-0.25, -0.2) is 9.97 Å². The number of rotatable bonds is 10. The number of anilines is 1. The Morgan fingerprint density at radius 2 is 1.97 bits per heavy atom. The van der Waals surface area contributed by atoms with Gasteiger partial charge in [-0.05, 0) is 44.5 Å². The van der Waals surface area contributed by atoms with E-state index in [1.807, 2.05) is 29.0 Å². The van der Waals surface area contributed by atoms with Crippen molar-refractivity contribution in [1.82, 2.24) is 19.4 Å². The van der Waals surface area contributed by atoms with E-state index in [0.29, 0.717) is 19.2 Å². The molecule has 0 atom stereocenters. The van der Waals surface area contributed by atoms with E-state index in [9.17, 15) is 0 Å². The smallest absolute Gasteiger partial charge is 0.151 e. The first-order valence-electron chi connectivity index (χ1n) is 11.7. The lowest BCUT2D eigenvalue weighted by Gasteiger charge is -2.30. The van der Waals surface area contributed by atoms with Crippen LogP contribution in [0.2, 0.25) is 0 Å². The number of hydrogen-bond donors (Lipinski definition) is 1. The van der Waals surface area contributed by atoms with E-state index in [2.05, 4.69) is 40.8 Å². The van der Waals surface area contributed by atoms with Crippen molar-refractivity contribution in [2.45, 2.75) is 58.8 Å². The summed E-state index contributed by atoms with van der Waals surface area (Å²) in [5, 5.41) is 0. The van der Waals surface area contributed by atoms with Crippen LogP contribution in [0.15, 0.2) is 36.5 Å². The molecule has 0 radical (unpaired) electrons. The summed E-state index contributed by atoms with van der Waals surface area (Å²) < 4.78 is 7.95. The number of ether oxygens (including phenoxy) is 1. The van der Waals surface area contributed by atoms with Crippen LogP contribution in [0.25, 0.3) is 11.0 Å². The maximum absolute atomic E-state index is 6.38. The van der Waals surface area contributed by atoms with Crippen LogP contribution in [0.4, 0.5) is 5.82 Å². The Morgan fingerprint density at radius 1 is 1.12 bits per heavy atom. The Balaban J connectivity index is 1.52. The van der Waals surface area contributed by atoms with Crippen LogP contribution in [0.3, 0.4) is 0 Å². The van der Waals surface area contributed by atoms with E-state index in [1.54, 1.807) is 0 Å². The topological polar surface area (TPSA) is 69.2 Å². The first-order chi connectivity index (χ1) is 15.7. The molecular formula is C26H33N5O. The van der Waals surface area contributed by atoms with Crippen molar-refractivity contribution >= 4 is 16.9 Å². The minimum absolute atomic E-state index is 0.379. The Labute approximate surface area is 190 Å². The highest BCUT2D eigenvalue weighted by molar-refractivity contribution is 5.90. The maximum atomic E-state index is 6.38. The normalized spacial score (nSPS) is 13.7. The minimum atomic E-state index is 0.379. The number of fused-ring (bicyclic) bond motifs is 1. The summed E-state index contributed by atoms with van der Waals surface area (Å²) in [5.41, 5.74) is 10.1. The van der Waals surface area contributed by atoms with Gasteiger partial charge in [0.2, 0.25) is 0 Å². The average Bonchev–Trinajstić information content (AvgIpc) is 3.12. The fraction of sp³-hybridized carbons (Fsp3) is 0.462. The largest absolute Gasteiger partial charge is 0.382 e. The molecule has 4 rings (SSSR count). The Bertz CT molecular complexity index is 1080. The van der Waals surface area contributed by atoms with Crippen molar-refractivity contribution in [1.29, 1.82) is 0 Å². The van der Waals surface area contributed by atoms with Crippen molar-refractivity contribution in [2.75, 3.05) is 25.4 Å². The zero-order chi connectivity index (χ0) is 22.2. The summed E-state index contributed by atoms with van der Waals surface area (Å²) in [5.74, 6) is 7.98. The summed E-state index contributed by atoms with van der Waals surface area (Å²) in [6.07, 6.45) is 8.30. The number of aryl methyl sites for hydroxylation is 1. The van der Waals surface area contributed by atoms with Crippen LogP contribution in [-0.4, -0.2) is 39.1 Å². The zero-order valence-electron chi connectivity index (χ0n) is 19.0. The maximum Gasteiger partial charge on any atom is 0.151 e. The number of nitrogens with two attached hydrogens (primary N) is 1. The zero-order valence-corrected chi connectivity index (χ0v) is 19.0. The van der Waals surface area contributed by atoms with Gasteiger partial charge in [0.1, 0.15) is 23.6 Å². The summed E-state index contributed by atoms with van der Waals surface area (Å²) in [6, 6.07) is 10.2. The van der Waals surface area contributed by atoms with Gasteiger partial charge in [-0.3, -0.25) is 0 Å². The SMILES string of the molecule is CCCCc1nc(N)c2c(n1)c(C#CCCCN1CCC1)cn2COCc1ccccc1. The highest BCUT2D eigenvalue weighted by atomic mass is 16.5. The van der Waals surface area contributed by atoms with Gasteiger partial charge in [-0.1, -0.05) is 55.5 Å². The molecule has 0 amide bonds. The second kappa shape index (κ2) is 11.1. The lowest BCUT2D eigenvalue weighted by atomic mass is 10.2. The minimum Gasteiger partial charge on any atom is -0.382 e. The Morgan fingerprint density at radius 3 is 2.72 bits per heavy atom. The van der Waals surface area contributed by atoms with Gasteiger partial charge in [-0.2, -0.15) is 0 Å². The van der Waals surface area contributed by atoms with Crippen molar-refractivity contribution in [3.05, 3.63) is 53.5 Å². The molecule has 1 aliphatic heterocycles. The fourth-order valence-corrected chi connectivity index (χ4v) is 3.90. The van der Waals surface area contributed by atoms with Gasteiger partial charge in [0.15, 0.2) is 5.82 Å². The van der Waals surface area contributed by atoms with Gasteiger partial charge in [-0.15, -0.1) is 0 Å². The Hall–Kier alpha value is -2.88. The van der Waals surface area contributed by atoms with Gasteiger partial charge >= 0.3 is 0 Å². The van der Waals surface area contributed by atoms with Gasteiger partial charge in [0, 0.05) is 19.0 Å². The predicted molar refractivity (Wildman–Crippen MR) is 129 cm³/mol. The lowest BCUT2D eigenvalue weighted by molar-refractivity contribution is 0.0668. The first kappa shape index (κ1) is 22.3. The number of unbranched alkanes of at least 4 members (excludes halogenated alkanes) is 2. The van der Waals surface area contributed by atoms with Crippen molar-refractivity contribution < 1.29 is 4.74 Å². The van der Waals surface area contributed by atoms with Crippen LogP contribution >= 0.6 is 0 Å². The monoisotopic (exact) mass is 431 g/mol. The summed E-state index contributed by atoms with van der Waals surface area (Å²) in [4.78, 5) is 11.9. The van der Waals surface area contributed by atoms with Gasteiger partial charge < -0.3 is 19.9 Å². The van der Waals surface area contributed by atoms with E-state index in [-0.39, 0.29) is 0 Å². The quantitative estimate of drug-likeness (QED) is 0.381. The molecule has 2 N–H and O–H groups in total. The summed E-state index contributed by atoms with van der Waals surface area (Å²) in [6.45, 7) is 6.69. The second-order valence-corrected chi connectivity index (χ2v) is 8.40. The standard InChI is InChI=1S/C26H33N5O/c1-2-3-14-23-28-24-22(13-8-5-9-15-30-16-10-17-30)18-31(25(24)26(27)29-23)20-32-19-21-11-6-4-7-12-21/h4,6-7,11-12,18H,2-3,5,9-10,14-17,19-20H2,1H3,(H2,27,28,29). The highest BCUT2D eigenvalue weighted by Gasteiger charge is 2.15. The third-order valence-electron chi connectivity index (χ3n) is 5.83. The molecule has 2 aromatic heterocycles. The molecule has 168 valence electrons. The van der Waals surface area contributed by atoms with Crippen LogP contribution in [0.5, 0.6) is 0 Å². The molecule has 6 heteroatoms. The predicted octanol–water partition coefficient (Wildman–Crippen LogP) is 4.37. The molecule has 0 bridgehead atoms. The number of benzene rings is 1. The molecule has 1 aromatic carbocycles. The summed E-state index contributed by atoms with van der Waals surface area (Å²) in [7, 11) is 0. The highest BCUT2D eigenvalue weighted by Crippen LogP contribution is 2.24. The lowest BCUT2D eigenvalue weighted by Crippen LogP contribution is -2.37. The summed E-state index contributed by atoms with van der Waals surface area (Å²) >= 11 is 0. The van der Waals surface area contributed by atoms with E-state index >= 15 is 0 Å². The molecule has 0 saturated carbocycles. The average molecular weight is 432 g/mol. The van der Waals surface area contributed by atoms with E-state index < -0.39 is 0 Å². The first-order valence-corrected chi connectivity index (χ1v) is 11.7. The number of nitrogens with zero attached hydrogens (tertiary/aromatic N) is 4. The van der Waals surface area contributed by atoms with Crippen LogP contribution < -0.4 is 5.73 Å². The van der Waals surface area contributed by atoms with Crippen molar-refractivity contribution in [3.63, 3.8) is 0 Å².